The van der Waals surface area contributed by atoms with Gasteiger partial charge in [0.2, 0.25) is 16.6 Å². The zero-order valence-corrected chi connectivity index (χ0v) is 19.6. The van der Waals surface area contributed by atoms with Gasteiger partial charge in [-0.1, -0.05) is 12.1 Å². The lowest BCUT2D eigenvalue weighted by molar-refractivity contribution is -0.917. The summed E-state index contributed by atoms with van der Waals surface area (Å²) >= 11 is 0. The molecular formula is C26H23N2O6S+. The number of rotatable bonds is 3. The minimum absolute atomic E-state index is 0.0113. The average Bonchev–Trinajstić information content (AvgIpc) is 3.35. The van der Waals surface area contributed by atoms with Crippen molar-refractivity contribution in [3.8, 4) is 11.5 Å². The monoisotopic (exact) mass is 491 g/mol. The van der Waals surface area contributed by atoms with Gasteiger partial charge in [0, 0.05) is 22.3 Å². The topological polar surface area (TPSA) is 94.4 Å². The molecular weight excluding hydrogens is 468 g/mol. The molecule has 8 nitrogen and oxygen atoms in total. The second kappa shape index (κ2) is 8.21. The van der Waals surface area contributed by atoms with Crippen molar-refractivity contribution >= 4 is 21.5 Å². The van der Waals surface area contributed by atoms with E-state index in [2.05, 4.69) is 0 Å². The first kappa shape index (κ1) is 21.8. The van der Waals surface area contributed by atoms with Gasteiger partial charge in [-0.15, -0.1) is 0 Å². The second-order valence-corrected chi connectivity index (χ2v) is 10.8. The van der Waals surface area contributed by atoms with E-state index in [1.165, 1.54) is 29.2 Å². The summed E-state index contributed by atoms with van der Waals surface area (Å²) in [5.41, 5.74) is 1.70. The number of nitrogens with one attached hydrogen (secondary N) is 1. The fraction of sp³-hybridized carbons (Fsp3) is 0.231. The third-order valence-corrected chi connectivity index (χ3v) is 8.68. The number of carbonyl (C=O) groups is 2. The fourth-order valence-corrected chi connectivity index (χ4v) is 6.62. The van der Waals surface area contributed by atoms with Gasteiger partial charge < -0.3 is 19.3 Å². The van der Waals surface area contributed by atoms with Crippen molar-refractivity contribution in [1.82, 2.24) is 4.90 Å². The van der Waals surface area contributed by atoms with Crippen LogP contribution in [-0.4, -0.2) is 58.0 Å². The summed E-state index contributed by atoms with van der Waals surface area (Å²) in [6.07, 6.45) is 0. The summed E-state index contributed by atoms with van der Waals surface area (Å²) in [5.74, 6) is 0.956. The van der Waals surface area contributed by atoms with Gasteiger partial charge in [0.1, 0.15) is 6.54 Å². The third-order valence-electron chi connectivity index (χ3n) is 6.83. The van der Waals surface area contributed by atoms with Gasteiger partial charge in [0.05, 0.1) is 36.0 Å². The highest BCUT2D eigenvalue weighted by molar-refractivity contribution is 7.91. The highest BCUT2D eigenvalue weighted by Gasteiger charge is 2.35. The number of quaternary nitrogens is 1. The molecule has 1 saturated heterocycles. The molecule has 0 spiro atoms. The number of benzene rings is 3. The van der Waals surface area contributed by atoms with E-state index >= 15 is 0 Å². The summed E-state index contributed by atoms with van der Waals surface area (Å²) in [4.78, 5) is 29.1. The van der Waals surface area contributed by atoms with Crippen molar-refractivity contribution in [2.75, 3.05) is 33.0 Å². The molecule has 0 atom stereocenters. The van der Waals surface area contributed by atoms with Crippen molar-refractivity contribution in [3.05, 3.63) is 82.9 Å². The summed E-state index contributed by atoms with van der Waals surface area (Å²) < 4.78 is 37.2. The molecule has 0 saturated carbocycles. The molecule has 1 amide bonds. The Balaban J connectivity index is 1.17. The maximum Gasteiger partial charge on any atom is 0.254 e. The largest absolute Gasteiger partial charge is 0.454 e. The van der Waals surface area contributed by atoms with Crippen molar-refractivity contribution in [3.63, 3.8) is 0 Å². The second-order valence-electron chi connectivity index (χ2n) is 8.95. The van der Waals surface area contributed by atoms with Crippen molar-refractivity contribution < 1.29 is 32.4 Å². The smallest absolute Gasteiger partial charge is 0.254 e. The fourth-order valence-electron chi connectivity index (χ4n) is 4.94. The molecule has 0 unspecified atom stereocenters. The number of amides is 1. The van der Waals surface area contributed by atoms with Crippen LogP contribution >= 0.6 is 0 Å². The van der Waals surface area contributed by atoms with Gasteiger partial charge in [-0.3, -0.25) is 9.59 Å². The van der Waals surface area contributed by atoms with Gasteiger partial charge >= 0.3 is 0 Å². The summed E-state index contributed by atoms with van der Waals surface area (Å²) in [7, 11) is -3.88. The lowest BCUT2D eigenvalue weighted by Crippen LogP contribution is -3.13. The predicted molar refractivity (Wildman–Crippen MR) is 125 cm³/mol. The van der Waals surface area contributed by atoms with Gasteiger partial charge in [-0.2, -0.15) is 0 Å². The first-order chi connectivity index (χ1) is 16.9. The third kappa shape index (κ3) is 3.67. The highest BCUT2D eigenvalue weighted by atomic mass is 32.2. The minimum Gasteiger partial charge on any atom is -0.454 e. The molecule has 0 aliphatic carbocycles. The molecule has 35 heavy (non-hydrogen) atoms. The standard InChI is InChI=1S/C26H22N2O6S/c29-25-19-3-1-2-4-23(19)35(31,32)24-14-18(6-7-20(24)25)26(30)28-11-9-27(10-12-28)15-17-5-8-21-22(13-17)34-16-33-21/h1-8,13-14H,9-12,15-16H2/p+1. The number of ether oxygens (including phenoxy) is 2. The Kier molecular flexibility index (Phi) is 5.12. The molecule has 1 N–H and O–H groups in total. The Morgan fingerprint density at radius 3 is 2.46 bits per heavy atom. The molecule has 3 aromatic carbocycles. The molecule has 178 valence electrons. The number of nitrogens with zero attached hydrogens (tertiary/aromatic N) is 1. The molecule has 3 heterocycles. The number of piperazine rings is 1. The van der Waals surface area contributed by atoms with Crippen molar-refractivity contribution in [2.24, 2.45) is 0 Å². The number of sulfone groups is 1. The zero-order valence-electron chi connectivity index (χ0n) is 18.8. The number of carbonyl (C=O) groups excluding carboxylic acids is 2. The van der Waals surface area contributed by atoms with Crippen molar-refractivity contribution in [2.45, 2.75) is 16.3 Å². The minimum atomic E-state index is -3.88. The van der Waals surface area contributed by atoms with Crippen LogP contribution in [0.1, 0.15) is 31.8 Å². The van der Waals surface area contributed by atoms with Crippen LogP contribution in [0.15, 0.2) is 70.5 Å². The number of hydrogen-bond donors (Lipinski definition) is 1. The van der Waals surface area contributed by atoms with E-state index in [1.54, 1.807) is 23.1 Å². The SMILES string of the molecule is O=C1c2ccccc2S(=O)(=O)c2cc(C(=O)N3CC[NH+](Cc4ccc5c(c4)OCO5)CC3)ccc21. The molecule has 3 aliphatic heterocycles. The van der Waals surface area contributed by atoms with Crippen LogP contribution in [0, 0.1) is 0 Å². The number of fused-ring (bicyclic) bond motifs is 3. The molecule has 0 bridgehead atoms. The van der Waals surface area contributed by atoms with Crippen LogP contribution in [0.25, 0.3) is 0 Å². The van der Waals surface area contributed by atoms with Crippen LogP contribution in [-0.2, 0) is 16.4 Å². The summed E-state index contributed by atoms with van der Waals surface area (Å²) in [6, 6.07) is 16.5. The Labute approximate surface area is 202 Å². The molecule has 3 aliphatic rings. The first-order valence-corrected chi connectivity index (χ1v) is 12.9. The van der Waals surface area contributed by atoms with Crippen LogP contribution in [0.4, 0.5) is 0 Å². The van der Waals surface area contributed by atoms with Crippen LogP contribution in [0.3, 0.4) is 0 Å². The van der Waals surface area contributed by atoms with Crippen molar-refractivity contribution in [1.29, 1.82) is 0 Å². The van der Waals surface area contributed by atoms with Gasteiger partial charge in [-0.05, 0) is 48.5 Å². The average molecular weight is 492 g/mol. The Morgan fingerprint density at radius 1 is 0.886 bits per heavy atom. The predicted octanol–water partition coefficient (Wildman–Crippen LogP) is 1.33. The quantitative estimate of drug-likeness (QED) is 0.465. The summed E-state index contributed by atoms with van der Waals surface area (Å²) in [5, 5.41) is 0. The Bertz CT molecular complexity index is 1470. The van der Waals surface area contributed by atoms with Gasteiger partial charge in [0.25, 0.3) is 5.91 Å². The van der Waals surface area contributed by atoms with E-state index in [0.29, 0.717) is 13.1 Å². The molecule has 1 fully saturated rings. The van der Waals surface area contributed by atoms with E-state index in [4.69, 9.17) is 9.47 Å². The maximum absolute atomic E-state index is 13.2. The van der Waals surface area contributed by atoms with E-state index < -0.39 is 9.84 Å². The normalized spacial score (nSPS) is 18.2. The van der Waals surface area contributed by atoms with Gasteiger partial charge in [-0.25, -0.2) is 8.42 Å². The van der Waals surface area contributed by atoms with Crippen LogP contribution in [0.2, 0.25) is 0 Å². The first-order valence-electron chi connectivity index (χ1n) is 11.5. The number of hydrogen-bond acceptors (Lipinski definition) is 6. The summed E-state index contributed by atoms with van der Waals surface area (Å²) in [6.45, 7) is 3.73. The molecule has 9 heteroatoms. The molecule has 6 rings (SSSR count). The number of ketones is 1. The van der Waals surface area contributed by atoms with E-state index in [9.17, 15) is 18.0 Å². The van der Waals surface area contributed by atoms with E-state index in [0.717, 1.165) is 36.7 Å². The van der Waals surface area contributed by atoms with Crippen LogP contribution < -0.4 is 14.4 Å². The maximum atomic E-state index is 13.2. The Hall–Kier alpha value is -3.69. The highest BCUT2D eigenvalue weighted by Crippen LogP contribution is 2.35. The molecule has 3 aromatic rings. The Morgan fingerprint density at radius 2 is 1.63 bits per heavy atom. The molecule has 0 radical (unpaired) electrons. The lowest BCUT2D eigenvalue weighted by atomic mass is 10.0. The zero-order chi connectivity index (χ0) is 24.2. The van der Waals surface area contributed by atoms with Crippen LogP contribution in [0.5, 0.6) is 11.5 Å². The molecule has 0 aromatic heterocycles. The van der Waals surface area contributed by atoms with Gasteiger partial charge in [0.15, 0.2) is 17.3 Å². The van der Waals surface area contributed by atoms with E-state index in [-0.39, 0.29) is 45.0 Å². The van der Waals surface area contributed by atoms with E-state index in [1.807, 2.05) is 18.2 Å². The lowest BCUT2D eigenvalue weighted by Gasteiger charge is -2.32.